The van der Waals surface area contributed by atoms with Crippen molar-refractivity contribution >= 4 is 41.5 Å². The molecule has 0 aromatic carbocycles. The first-order valence-electron chi connectivity index (χ1n) is 11.3. The van der Waals surface area contributed by atoms with E-state index < -0.39 is 41.7 Å². The average Bonchev–Trinajstić information content (AvgIpc) is 2.86. The van der Waals surface area contributed by atoms with Crippen LogP contribution in [-0.4, -0.2) is 51.7 Å². The molecule has 3 heterocycles. The number of imide groups is 1. The molecule has 0 atom stereocenters. The number of pyridine rings is 2. The van der Waals surface area contributed by atoms with Gasteiger partial charge in [0, 0.05) is 23.2 Å². The van der Waals surface area contributed by atoms with Crippen LogP contribution < -0.4 is 10.4 Å². The summed E-state index contributed by atoms with van der Waals surface area (Å²) in [7, 11) is -0.699. The lowest BCUT2D eigenvalue weighted by Gasteiger charge is -2.32. The highest BCUT2D eigenvalue weighted by Gasteiger charge is 2.52. The van der Waals surface area contributed by atoms with Gasteiger partial charge in [0.1, 0.15) is 16.7 Å². The average molecular weight is 471 g/mol. The topological polar surface area (TPSA) is 100 Å². The zero-order valence-corrected chi connectivity index (χ0v) is 21.7. The molecule has 9 nitrogen and oxygen atoms in total. The predicted molar refractivity (Wildman–Crippen MR) is 130 cm³/mol. The van der Waals surface area contributed by atoms with Crippen molar-refractivity contribution in [2.75, 3.05) is 4.90 Å². The molecule has 3 rings (SSSR count). The van der Waals surface area contributed by atoms with Gasteiger partial charge in [0.05, 0.1) is 11.2 Å². The third kappa shape index (κ3) is 5.33. The molecule has 1 aliphatic rings. The maximum absolute atomic E-state index is 13.1. The van der Waals surface area contributed by atoms with Gasteiger partial charge in [0.15, 0.2) is 5.82 Å². The van der Waals surface area contributed by atoms with E-state index in [0.29, 0.717) is 16.4 Å². The maximum Gasteiger partial charge on any atom is 0.497 e. The highest BCUT2D eigenvalue weighted by Crippen LogP contribution is 2.37. The molecule has 0 radical (unpaired) electrons. The summed E-state index contributed by atoms with van der Waals surface area (Å²) >= 11 is 0. The van der Waals surface area contributed by atoms with Gasteiger partial charge in [-0.3, -0.25) is 4.98 Å². The maximum atomic E-state index is 13.1. The second-order valence-electron chi connectivity index (χ2n) is 11.3. The van der Waals surface area contributed by atoms with Crippen LogP contribution in [0.5, 0.6) is 0 Å². The van der Waals surface area contributed by atoms with Gasteiger partial charge in [-0.1, -0.05) is 6.07 Å². The zero-order chi connectivity index (χ0) is 25.7. The first-order chi connectivity index (χ1) is 15.4. The summed E-state index contributed by atoms with van der Waals surface area (Å²) in [5, 5.41) is 0.628. The number of carbonyl (C=O) groups is 2. The molecule has 2 amide bonds. The first-order valence-corrected chi connectivity index (χ1v) is 11.3. The van der Waals surface area contributed by atoms with Crippen molar-refractivity contribution in [2.24, 2.45) is 0 Å². The van der Waals surface area contributed by atoms with E-state index in [1.165, 1.54) is 6.20 Å². The van der Waals surface area contributed by atoms with E-state index >= 15 is 0 Å². The zero-order valence-electron chi connectivity index (χ0n) is 21.7. The van der Waals surface area contributed by atoms with Crippen LogP contribution in [0.4, 0.5) is 15.4 Å². The molecule has 1 aliphatic heterocycles. The van der Waals surface area contributed by atoms with Gasteiger partial charge in [-0.2, -0.15) is 4.90 Å². The summed E-state index contributed by atoms with van der Waals surface area (Å²) in [4.78, 5) is 35.9. The minimum Gasteiger partial charge on any atom is -0.443 e. The van der Waals surface area contributed by atoms with Crippen LogP contribution in [0.1, 0.15) is 69.2 Å². The molecule has 0 aliphatic carbocycles. The molecule has 0 N–H and O–H groups in total. The molecule has 0 unspecified atom stereocenters. The van der Waals surface area contributed by atoms with Crippen LogP contribution >= 0.6 is 0 Å². The van der Waals surface area contributed by atoms with Crippen molar-refractivity contribution in [1.82, 2.24) is 9.97 Å². The number of fused-ring (bicyclic) bond motifs is 1. The molecular formula is C24H34BN3O6. The summed E-state index contributed by atoms with van der Waals surface area (Å²) in [6, 6.07) is 3.57. The predicted octanol–water partition coefficient (Wildman–Crippen LogP) is 4.61. The van der Waals surface area contributed by atoms with Crippen molar-refractivity contribution in [1.29, 1.82) is 0 Å². The molecule has 2 aromatic heterocycles. The molecule has 0 saturated carbocycles. The Hall–Kier alpha value is -2.72. The smallest absolute Gasteiger partial charge is 0.443 e. The van der Waals surface area contributed by atoms with Crippen LogP contribution in [0, 0.1) is 0 Å². The van der Waals surface area contributed by atoms with Crippen LogP contribution in [0.15, 0.2) is 24.5 Å². The van der Waals surface area contributed by atoms with E-state index in [1.54, 1.807) is 53.8 Å². The number of aromatic nitrogens is 2. The van der Waals surface area contributed by atoms with Gasteiger partial charge in [0.25, 0.3) is 0 Å². The SMILES string of the molecule is CC(C)(C)OC(=O)N(C(=O)OC(C)(C)C)c1ncc(B2OC(C)(C)C(C)(C)O2)c2cccnc12. The minimum absolute atomic E-state index is 0.000586. The van der Waals surface area contributed by atoms with E-state index in [0.717, 1.165) is 4.90 Å². The van der Waals surface area contributed by atoms with E-state index in [-0.39, 0.29) is 5.82 Å². The fourth-order valence-electron chi connectivity index (χ4n) is 3.26. The van der Waals surface area contributed by atoms with Gasteiger partial charge < -0.3 is 18.8 Å². The largest absolute Gasteiger partial charge is 0.497 e. The van der Waals surface area contributed by atoms with Crippen LogP contribution in [0.3, 0.4) is 0 Å². The summed E-state index contributed by atoms with van der Waals surface area (Å²) in [6.07, 6.45) is 1.27. The summed E-state index contributed by atoms with van der Waals surface area (Å²) in [6.45, 7) is 18.1. The fourth-order valence-corrected chi connectivity index (χ4v) is 3.26. The van der Waals surface area contributed by atoms with Crippen molar-refractivity contribution in [3.8, 4) is 0 Å². The van der Waals surface area contributed by atoms with Gasteiger partial charge >= 0.3 is 19.3 Å². The van der Waals surface area contributed by atoms with E-state index in [2.05, 4.69) is 9.97 Å². The molecule has 0 bridgehead atoms. The molecule has 1 fully saturated rings. The van der Waals surface area contributed by atoms with E-state index in [9.17, 15) is 9.59 Å². The number of ether oxygens (including phenoxy) is 2. The third-order valence-electron chi connectivity index (χ3n) is 5.53. The van der Waals surface area contributed by atoms with Crippen molar-refractivity contribution in [3.63, 3.8) is 0 Å². The number of nitrogens with zero attached hydrogens (tertiary/aromatic N) is 3. The first kappa shape index (κ1) is 25.9. The molecule has 34 heavy (non-hydrogen) atoms. The summed E-state index contributed by atoms with van der Waals surface area (Å²) in [5.41, 5.74) is -1.84. The third-order valence-corrected chi connectivity index (χ3v) is 5.53. The number of amides is 2. The standard InChI is InChI=1S/C24H34BN3O6/c1-21(2,3)31-19(29)28(20(30)32-22(4,5)6)18-17-15(12-11-13-26-17)16(14-27-18)25-33-23(7,8)24(9,10)34-25/h11-14H,1-10H3. The van der Waals surface area contributed by atoms with E-state index in [1.807, 2.05) is 33.8 Å². The highest BCUT2D eigenvalue weighted by atomic mass is 16.7. The Bertz CT molecular complexity index is 1060. The lowest BCUT2D eigenvalue weighted by Crippen LogP contribution is -2.45. The van der Waals surface area contributed by atoms with Crippen molar-refractivity contribution in [3.05, 3.63) is 24.5 Å². The van der Waals surface area contributed by atoms with Gasteiger partial charge in [-0.15, -0.1) is 0 Å². The lowest BCUT2D eigenvalue weighted by molar-refractivity contribution is 0.00578. The van der Waals surface area contributed by atoms with E-state index in [4.69, 9.17) is 18.8 Å². The molecule has 10 heteroatoms. The van der Waals surface area contributed by atoms with Crippen molar-refractivity contribution < 1.29 is 28.4 Å². The minimum atomic E-state index is -0.912. The van der Waals surface area contributed by atoms with Gasteiger partial charge in [-0.25, -0.2) is 14.6 Å². The van der Waals surface area contributed by atoms with Crippen molar-refractivity contribution in [2.45, 2.75) is 91.6 Å². The Labute approximate surface area is 201 Å². The lowest BCUT2D eigenvalue weighted by atomic mass is 9.78. The number of hydrogen-bond acceptors (Lipinski definition) is 8. The second kappa shape index (κ2) is 8.50. The Morgan fingerprint density at radius 1 is 0.912 bits per heavy atom. The van der Waals surface area contributed by atoms with Crippen LogP contribution in [-0.2, 0) is 18.8 Å². The number of anilines is 1. The van der Waals surface area contributed by atoms with Gasteiger partial charge in [0.2, 0.25) is 0 Å². The Morgan fingerprint density at radius 2 is 1.41 bits per heavy atom. The fraction of sp³-hybridized carbons (Fsp3) is 0.583. The summed E-state index contributed by atoms with van der Waals surface area (Å²) < 4.78 is 23.4. The van der Waals surface area contributed by atoms with Crippen LogP contribution in [0.25, 0.3) is 10.9 Å². The number of carbonyl (C=O) groups excluding carboxylic acids is 2. The monoisotopic (exact) mass is 471 g/mol. The number of hydrogen-bond donors (Lipinski definition) is 0. The van der Waals surface area contributed by atoms with Gasteiger partial charge in [-0.05, 0) is 75.3 Å². The molecule has 0 spiro atoms. The highest BCUT2D eigenvalue weighted by molar-refractivity contribution is 6.65. The van der Waals surface area contributed by atoms with Crippen LogP contribution in [0.2, 0.25) is 0 Å². The molecule has 184 valence electrons. The Balaban J connectivity index is 2.14. The quantitative estimate of drug-likeness (QED) is 0.586. The number of rotatable bonds is 2. The Morgan fingerprint density at radius 3 is 1.88 bits per heavy atom. The molecular weight excluding hydrogens is 437 g/mol. The Kier molecular flexibility index (Phi) is 6.47. The molecule has 1 saturated heterocycles. The normalized spacial score (nSPS) is 17.5. The summed E-state index contributed by atoms with van der Waals surface area (Å²) in [5.74, 6) is -0.000586. The second-order valence-corrected chi connectivity index (χ2v) is 11.3. The molecule has 2 aromatic rings.